The van der Waals surface area contributed by atoms with Crippen molar-refractivity contribution in [2.24, 2.45) is 7.05 Å². The Labute approximate surface area is 195 Å². The number of amides is 3. The van der Waals surface area contributed by atoms with Gasteiger partial charge in [-0.2, -0.15) is 0 Å². The van der Waals surface area contributed by atoms with Crippen molar-refractivity contribution in [2.45, 2.75) is 64.8 Å². The smallest absolute Gasteiger partial charge is 0.317 e. The van der Waals surface area contributed by atoms with Crippen LogP contribution in [0, 0.1) is 13.8 Å². The average Bonchev–Trinajstić information content (AvgIpc) is 3.15. The topological polar surface area (TPSA) is 92.6 Å². The summed E-state index contributed by atoms with van der Waals surface area (Å²) in [4.78, 5) is 33.9. The summed E-state index contributed by atoms with van der Waals surface area (Å²) in [7, 11) is 3.47. The molecule has 2 aromatic heterocycles. The Morgan fingerprint density at radius 2 is 1.73 bits per heavy atom. The number of ether oxygens (including phenoxy) is 1. The largest absolute Gasteiger partial charge is 0.479 e. The number of carbonyl (C=O) groups excluding carboxylic acids is 2. The molecular weight excluding hydrogens is 420 g/mol. The summed E-state index contributed by atoms with van der Waals surface area (Å²) >= 11 is 0. The molecule has 1 saturated carbocycles. The summed E-state index contributed by atoms with van der Waals surface area (Å²) in [6.07, 6.45) is 6.87. The van der Waals surface area contributed by atoms with Gasteiger partial charge in [-0.3, -0.25) is 4.79 Å². The minimum absolute atomic E-state index is 0.0186. The lowest BCUT2D eigenvalue weighted by molar-refractivity contribution is -0.132. The summed E-state index contributed by atoms with van der Waals surface area (Å²) in [5.74, 6) is 0.687. The van der Waals surface area contributed by atoms with Gasteiger partial charge in [0.2, 0.25) is 11.8 Å². The van der Waals surface area contributed by atoms with Gasteiger partial charge in [-0.05, 0) is 44.2 Å². The summed E-state index contributed by atoms with van der Waals surface area (Å²) < 4.78 is 7.17. The number of fused-ring (bicyclic) bond motifs is 1. The first-order valence-corrected chi connectivity index (χ1v) is 12.1. The van der Waals surface area contributed by atoms with Crippen LogP contribution in [0.15, 0.2) is 0 Å². The number of nitrogens with one attached hydrogen (secondary N) is 1. The van der Waals surface area contributed by atoms with Gasteiger partial charge < -0.3 is 19.9 Å². The Morgan fingerprint density at radius 1 is 1.06 bits per heavy atom. The van der Waals surface area contributed by atoms with E-state index in [-0.39, 0.29) is 11.9 Å². The zero-order valence-corrected chi connectivity index (χ0v) is 20.3. The molecule has 1 saturated heterocycles. The maximum absolute atomic E-state index is 12.9. The number of hydrogen-bond donors (Lipinski definition) is 1. The van der Waals surface area contributed by atoms with Gasteiger partial charge in [0.05, 0.1) is 12.5 Å². The van der Waals surface area contributed by atoms with Gasteiger partial charge >= 0.3 is 6.03 Å². The fourth-order valence-corrected chi connectivity index (χ4v) is 5.17. The highest BCUT2D eigenvalue weighted by molar-refractivity contribution is 5.86. The lowest BCUT2D eigenvalue weighted by atomic mass is 9.96. The molecule has 9 heteroatoms. The van der Waals surface area contributed by atoms with Gasteiger partial charge in [0, 0.05) is 51.4 Å². The van der Waals surface area contributed by atoms with Crippen LogP contribution in [-0.4, -0.2) is 75.8 Å². The highest BCUT2D eigenvalue weighted by atomic mass is 16.5. The maximum atomic E-state index is 12.9. The lowest BCUT2D eigenvalue weighted by Crippen LogP contribution is -2.54. The second-order valence-electron chi connectivity index (χ2n) is 9.28. The first kappa shape index (κ1) is 23.3. The van der Waals surface area contributed by atoms with Crippen LogP contribution < -0.4 is 10.1 Å². The molecule has 0 aromatic carbocycles. The fraction of sp³-hybridized carbons (Fsp3) is 0.667. The quantitative estimate of drug-likeness (QED) is 0.747. The molecule has 4 rings (SSSR count). The van der Waals surface area contributed by atoms with Crippen LogP contribution in [0.3, 0.4) is 0 Å². The first-order chi connectivity index (χ1) is 15.9. The van der Waals surface area contributed by atoms with Crippen molar-refractivity contribution in [3.63, 3.8) is 0 Å². The Kier molecular flexibility index (Phi) is 7.05. The Bertz CT molecular complexity index is 1020. The molecule has 3 heterocycles. The molecule has 1 aliphatic heterocycles. The van der Waals surface area contributed by atoms with E-state index >= 15 is 0 Å². The van der Waals surface area contributed by atoms with Crippen LogP contribution in [0.2, 0.25) is 0 Å². The number of hydrogen-bond acceptors (Lipinski definition) is 5. The molecule has 0 unspecified atom stereocenters. The lowest BCUT2D eigenvalue weighted by Gasteiger charge is -2.36. The normalized spacial score (nSPS) is 17.5. The zero-order chi connectivity index (χ0) is 23.5. The predicted molar refractivity (Wildman–Crippen MR) is 126 cm³/mol. The van der Waals surface area contributed by atoms with E-state index in [1.165, 1.54) is 19.3 Å². The number of nitrogens with zero attached hydrogens (tertiary/aromatic N) is 5. The molecule has 1 aliphatic carbocycles. The van der Waals surface area contributed by atoms with Crippen LogP contribution in [-0.2, 0) is 18.3 Å². The SMILES string of the molecule is COc1nn(C)c2nc(C)c(CCC(=O)N3CCN(C(=O)NC4CCCCC4)CC3)c(C)c12. The second kappa shape index (κ2) is 9.97. The van der Waals surface area contributed by atoms with Gasteiger partial charge in [0.15, 0.2) is 5.65 Å². The molecule has 0 atom stereocenters. The summed E-state index contributed by atoms with van der Waals surface area (Å²) in [6.45, 7) is 6.37. The standard InChI is InChI=1S/C24H36N6O3/c1-16-19(17(2)25-22-21(16)23(33-4)27-28(22)3)10-11-20(31)29-12-14-30(15-13-29)24(32)26-18-8-6-5-7-9-18/h18H,5-15H2,1-4H3,(H,26,32). The monoisotopic (exact) mass is 456 g/mol. The molecule has 0 radical (unpaired) electrons. The highest BCUT2D eigenvalue weighted by Gasteiger charge is 2.26. The van der Waals surface area contributed by atoms with Gasteiger partial charge in [-0.15, -0.1) is 5.10 Å². The number of urea groups is 1. The first-order valence-electron chi connectivity index (χ1n) is 12.1. The number of rotatable bonds is 5. The number of carbonyl (C=O) groups is 2. The summed E-state index contributed by atoms with van der Waals surface area (Å²) in [6, 6.07) is 0.326. The summed E-state index contributed by atoms with van der Waals surface area (Å²) in [5.41, 5.74) is 3.86. The van der Waals surface area contributed by atoms with E-state index in [0.29, 0.717) is 50.9 Å². The third-order valence-electron chi connectivity index (χ3n) is 7.16. The highest BCUT2D eigenvalue weighted by Crippen LogP contribution is 2.30. The molecule has 2 aliphatic rings. The molecule has 2 aromatic rings. The zero-order valence-electron chi connectivity index (χ0n) is 20.3. The van der Waals surface area contributed by atoms with Crippen molar-refractivity contribution in [3.8, 4) is 5.88 Å². The van der Waals surface area contributed by atoms with E-state index in [9.17, 15) is 9.59 Å². The van der Waals surface area contributed by atoms with Crippen LogP contribution >= 0.6 is 0 Å². The molecule has 1 N–H and O–H groups in total. The molecule has 33 heavy (non-hydrogen) atoms. The molecule has 180 valence electrons. The van der Waals surface area contributed by atoms with Crippen LogP contribution in [0.1, 0.15) is 55.3 Å². The van der Waals surface area contributed by atoms with Crippen molar-refractivity contribution in [2.75, 3.05) is 33.3 Å². The minimum atomic E-state index is 0.0186. The van der Waals surface area contributed by atoms with Crippen molar-refractivity contribution < 1.29 is 14.3 Å². The van der Waals surface area contributed by atoms with Gasteiger partial charge in [0.1, 0.15) is 0 Å². The van der Waals surface area contributed by atoms with Crippen LogP contribution in [0.25, 0.3) is 11.0 Å². The van der Waals surface area contributed by atoms with Crippen molar-refractivity contribution in [1.29, 1.82) is 0 Å². The molecule has 0 spiro atoms. The average molecular weight is 457 g/mol. The fourth-order valence-electron chi connectivity index (χ4n) is 5.17. The van der Waals surface area contributed by atoms with Gasteiger partial charge in [-0.1, -0.05) is 19.3 Å². The van der Waals surface area contributed by atoms with E-state index in [0.717, 1.165) is 40.7 Å². The van der Waals surface area contributed by atoms with E-state index in [2.05, 4.69) is 10.4 Å². The van der Waals surface area contributed by atoms with E-state index in [4.69, 9.17) is 9.72 Å². The number of aryl methyl sites for hydroxylation is 3. The van der Waals surface area contributed by atoms with E-state index < -0.39 is 0 Å². The van der Waals surface area contributed by atoms with Crippen LogP contribution in [0.5, 0.6) is 5.88 Å². The molecule has 9 nitrogen and oxygen atoms in total. The number of piperazine rings is 1. The van der Waals surface area contributed by atoms with Crippen molar-refractivity contribution in [1.82, 2.24) is 29.9 Å². The van der Waals surface area contributed by atoms with Crippen LogP contribution in [0.4, 0.5) is 4.79 Å². The molecular formula is C24H36N6O3. The molecule has 0 bridgehead atoms. The van der Waals surface area contributed by atoms with E-state index in [1.54, 1.807) is 11.8 Å². The number of methoxy groups -OCH3 is 1. The molecule has 3 amide bonds. The Hall–Kier alpha value is -2.84. The predicted octanol–water partition coefficient (Wildman–Crippen LogP) is 2.71. The van der Waals surface area contributed by atoms with Gasteiger partial charge in [0.25, 0.3) is 0 Å². The third-order valence-corrected chi connectivity index (χ3v) is 7.16. The second-order valence-corrected chi connectivity index (χ2v) is 9.28. The van der Waals surface area contributed by atoms with Crippen molar-refractivity contribution >= 4 is 23.0 Å². The van der Waals surface area contributed by atoms with E-state index in [1.807, 2.05) is 30.7 Å². The minimum Gasteiger partial charge on any atom is -0.479 e. The Balaban J connectivity index is 1.32. The molecule has 2 fully saturated rings. The Morgan fingerprint density at radius 3 is 2.39 bits per heavy atom. The van der Waals surface area contributed by atoms with Gasteiger partial charge in [-0.25, -0.2) is 14.5 Å². The maximum Gasteiger partial charge on any atom is 0.317 e. The third kappa shape index (κ3) is 4.91. The van der Waals surface area contributed by atoms with Crippen molar-refractivity contribution in [3.05, 3.63) is 16.8 Å². The summed E-state index contributed by atoms with van der Waals surface area (Å²) in [5, 5.41) is 8.48. The number of aromatic nitrogens is 3. The number of pyridine rings is 1.